The second kappa shape index (κ2) is 10.4. The Hall–Kier alpha value is -3.33. The maximum absolute atomic E-state index is 12.1. The maximum Gasteiger partial charge on any atom is 0.246 e. The Morgan fingerprint density at radius 1 is 0.900 bits per heavy atom. The summed E-state index contributed by atoms with van der Waals surface area (Å²) in [6.07, 6.45) is 3.47. The van der Waals surface area contributed by atoms with Crippen LogP contribution in [0.15, 0.2) is 78.9 Å². The van der Waals surface area contributed by atoms with E-state index >= 15 is 0 Å². The SMILES string of the molecule is CCN(CC)C(=O)C=Cc1ccc(OCc2cccc(-c3ccccc3)c2C)cc1. The zero-order valence-corrected chi connectivity index (χ0v) is 18.0. The summed E-state index contributed by atoms with van der Waals surface area (Å²) in [7, 11) is 0. The summed E-state index contributed by atoms with van der Waals surface area (Å²) in [5.74, 6) is 0.848. The number of nitrogens with zero attached hydrogens (tertiary/aromatic N) is 1. The van der Waals surface area contributed by atoms with E-state index in [-0.39, 0.29) is 5.91 Å². The second-order valence-electron chi connectivity index (χ2n) is 7.16. The third-order valence-electron chi connectivity index (χ3n) is 5.30. The molecule has 3 rings (SSSR count). The molecule has 1 amide bonds. The lowest BCUT2D eigenvalue weighted by molar-refractivity contribution is -0.125. The van der Waals surface area contributed by atoms with Crippen molar-refractivity contribution < 1.29 is 9.53 Å². The molecule has 0 saturated carbocycles. The number of amides is 1. The highest BCUT2D eigenvalue weighted by Gasteiger charge is 2.07. The molecule has 0 heterocycles. The number of rotatable bonds is 8. The van der Waals surface area contributed by atoms with Crippen molar-refractivity contribution in [3.63, 3.8) is 0 Å². The van der Waals surface area contributed by atoms with E-state index in [0.717, 1.165) is 24.4 Å². The lowest BCUT2D eigenvalue weighted by Gasteiger charge is -2.15. The van der Waals surface area contributed by atoms with Gasteiger partial charge in [-0.05, 0) is 66.8 Å². The van der Waals surface area contributed by atoms with E-state index in [1.807, 2.05) is 50.3 Å². The lowest BCUT2D eigenvalue weighted by Crippen LogP contribution is -2.28. The Morgan fingerprint density at radius 2 is 1.60 bits per heavy atom. The number of hydrogen-bond donors (Lipinski definition) is 0. The Bertz CT molecular complexity index is 987. The smallest absolute Gasteiger partial charge is 0.246 e. The molecule has 0 fully saturated rings. The number of benzene rings is 3. The van der Waals surface area contributed by atoms with Crippen molar-refractivity contribution in [1.29, 1.82) is 0 Å². The Morgan fingerprint density at radius 3 is 2.27 bits per heavy atom. The van der Waals surface area contributed by atoms with E-state index in [4.69, 9.17) is 4.74 Å². The first-order valence-electron chi connectivity index (χ1n) is 10.5. The minimum atomic E-state index is 0.0362. The molecule has 0 atom stereocenters. The molecule has 0 bridgehead atoms. The van der Waals surface area contributed by atoms with Crippen LogP contribution in [0.2, 0.25) is 0 Å². The van der Waals surface area contributed by atoms with Crippen LogP contribution in [0.5, 0.6) is 5.75 Å². The zero-order chi connectivity index (χ0) is 21.3. The van der Waals surface area contributed by atoms with Crippen LogP contribution < -0.4 is 4.74 Å². The molecule has 30 heavy (non-hydrogen) atoms. The summed E-state index contributed by atoms with van der Waals surface area (Å²) < 4.78 is 6.02. The fraction of sp³-hybridized carbons (Fsp3) is 0.222. The van der Waals surface area contributed by atoms with Gasteiger partial charge in [-0.3, -0.25) is 4.79 Å². The topological polar surface area (TPSA) is 29.5 Å². The number of likely N-dealkylation sites (N-methyl/N-ethyl adjacent to an activating group) is 1. The molecule has 3 nitrogen and oxygen atoms in total. The molecule has 154 valence electrons. The molecule has 0 saturated heterocycles. The first kappa shape index (κ1) is 21.4. The van der Waals surface area contributed by atoms with E-state index in [2.05, 4.69) is 49.4 Å². The van der Waals surface area contributed by atoms with Crippen molar-refractivity contribution in [1.82, 2.24) is 4.90 Å². The van der Waals surface area contributed by atoms with Gasteiger partial charge in [0.1, 0.15) is 12.4 Å². The fourth-order valence-electron chi connectivity index (χ4n) is 3.41. The molecular formula is C27H29NO2. The van der Waals surface area contributed by atoms with Crippen LogP contribution in [0.3, 0.4) is 0 Å². The number of carbonyl (C=O) groups excluding carboxylic acids is 1. The van der Waals surface area contributed by atoms with E-state index < -0.39 is 0 Å². The molecule has 0 aliphatic carbocycles. The molecule has 3 heteroatoms. The van der Waals surface area contributed by atoms with E-state index in [1.54, 1.807) is 11.0 Å². The molecule has 0 unspecified atom stereocenters. The maximum atomic E-state index is 12.1. The first-order chi connectivity index (χ1) is 14.6. The largest absolute Gasteiger partial charge is 0.489 e. The molecule has 0 aromatic heterocycles. The van der Waals surface area contributed by atoms with E-state index in [1.165, 1.54) is 22.3 Å². The van der Waals surface area contributed by atoms with E-state index in [0.29, 0.717) is 6.61 Å². The third kappa shape index (κ3) is 5.38. The minimum absolute atomic E-state index is 0.0362. The second-order valence-corrected chi connectivity index (χ2v) is 7.16. The van der Waals surface area contributed by atoms with Crippen LogP contribution in [0.4, 0.5) is 0 Å². The molecule has 0 spiro atoms. The average Bonchev–Trinajstić information content (AvgIpc) is 2.79. The molecule has 3 aromatic carbocycles. The number of ether oxygens (including phenoxy) is 1. The van der Waals surface area contributed by atoms with Gasteiger partial charge in [-0.25, -0.2) is 0 Å². The Balaban J connectivity index is 1.64. The van der Waals surface area contributed by atoms with Crippen molar-refractivity contribution in [3.8, 4) is 16.9 Å². The highest BCUT2D eigenvalue weighted by molar-refractivity contribution is 5.91. The van der Waals surface area contributed by atoms with Gasteiger partial charge in [0, 0.05) is 19.2 Å². The highest BCUT2D eigenvalue weighted by Crippen LogP contribution is 2.26. The summed E-state index contributed by atoms with van der Waals surface area (Å²) in [5, 5.41) is 0. The van der Waals surface area contributed by atoms with Gasteiger partial charge in [-0.1, -0.05) is 60.7 Å². The third-order valence-corrected chi connectivity index (χ3v) is 5.30. The highest BCUT2D eigenvalue weighted by atomic mass is 16.5. The number of hydrogen-bond acceptors (Lipinski definition) is 2. The molecule has 0 N–H and O–H groups in total. The van der Waals surface area contributed by atoms with Gasteiger partial charge in [-0.2, -0.15) is 0 Å². The van der Waals surface area contributed by atoms with Crippen molar-refractivity contribution in [2.45, 2.75) is 27.4 Å². The summed E-state index contributed by atoms with van der Waals surface area (Å²) in [5.41, 5.74) is 5.83. The molecule has 0 aliphatic heterocycles. The van der Waals surface area contributed by atoms with Gasteiger partial charge < -0.3 is 9.64 Å². The minimum Gasteiger partial charge on any atom is -0.489 e. The first-order valence-corrected chi connectivity index (χ1v) is 10.5. The van der Waals surface area contributed by atoms with Crippen molar-refractivity contribution in [2.75, 3.05) is 13.1 Å². The normalized spacial score (nSPS) is 10.9. The molecule has 0 radical (unpaired) electrons. The van der Waals surface area contributed by atoms with Crippen LogP contribution in [-0.2, 0) is 11.4 Å². The van der Waals surface area contributed by atoms with Crippen LogP contribution >= 0.6 is 0 Å². The summed E-state index contributed by atoms with van der Waals surface area (Å²) in [6, 6.07) is 24.6. The van der Waals surface area contributed by atoms with Gasteiger partial charge in [0.05, 0.1) is 0 Å². The Labute approximate surface area is 179 Å². The van der Waals surface area contributed by atoms with Crippen LogP contribution in [-0.4, -0.2) is 23.9 Å². The summed E-state index contributed by atoms with van der Waals surface area (Å²) >= 11 is 0. The number of carbonyl (C=O) groups is 1. The van der Waals surface area contributed by atoms with Gasteiger partial charge in [0.25, 0.3) is 0 Å². The van der Waals surface area contributed by atoms with Crippen molar-refractivity contribution >= 4 is 12.0 Å². The molecule has 3 aromatic rings. The van der Waals surface area contributed by atoms with Crippen molar-refractivity contribution in [3.05, 3.63) is 95.6 Å². The van der Waals surface area contributed by atoms with E-state index in [9.17, 15) is 4.79 Å². The van der Waals surface area contributed by atoms with Gasteiger partial charge in [-0.15, -0.1) is 0 Å². The fourth-order valence-corrected chi connectivity index (χ4v) is 3.41. The summed E-state index contributed by atoms with van der Waals surface area (Å²) in [4.78, 5) is 13.9. The standard InChI is InChI=1S/C27H29NO2/c1-4-28(5-2)27(29)19-16-22-14-17-25(18-15-22)30-20-24-12-9-13-26(21(24)3)23-10-7-6-8-11-23/h6-19H,4-5,20H2,1-3H3. The predicted molar refractivity (Wildman–Crippen MR) is 124 cm³/mol. The van der Waals surface area contributed by atoms with Crippen LogP contribution in [0, 0.1) is 6.92 Å². The molecule has 0 aliphatic rings. The quantitative estimate of drug-likeness (QED) is 0.427. The van der Waals surface area contributed by atoms with Gasteiger partial charge in [0.2, 0.25) is 5.91 Å². The van der Waals surface area contributed by atoms with Crippen molar-refractivity contribution in [2.24, 2.45) is 0 Å². The Kier molecular flexibility index (Phi) is 7.45. The lowest BCUT2D eigenvalue weighted by atomic mass is 9.97. The predicted octanol–water partition coefficient (Wildman–Crippen LogP) is 6.12. The zero-order valence-electron chi connectivity index (χ0n) is 18.0. The van der Waals surface area contributed by atoms with Crippen LogP contribution in [0.1, 0.15) is 30.5 Å². The molecular weight excluding hydrogens is 370 g/mol. The van der Waals surface area contributed by atoms with Gasteiger partial charge >= 0.3 is 0 Å². The average molecular weight is 400 g/mol. The summed E-state index contributed by atoms with van der Waals surface area (Å²) in [6.45, 7) is 8.07. The van der Waals surface area contributed by atoms with Crippen LogP contribution in [0.25, 0.3) is 17.2 Å². The monoisotopic (exact) mass is 399 g/mol. The van der Waals surface area contributed by atoms with Gasteiger partial charge in [0.15, 0.2) is 0 Å².